The highest BCUT2D eigenvalue weighted by Crippen LogP contribution is 2.20. The van der Waals surface area contributed by atoms with Crippen molar-refractivity contribution in [3.63, 3.8) is 0 Å². The molecule has 0 amide bonds. The van der Waals surface area contributed by atoms with Crippen LogP contribution in [0.3, 0.4) is 0 Å². The second kappa shape index (κ2) is 7.75. The molecule has 4 rings (SSSR count). The summed E-state index contributed by atoms with van der Waals surface area (Å²) < 4.78 is 9.72. The van der Waals surface area contributed by atoms with Gasteiger partial charge in [0.2, 0.25) is 5.95 Å². The molecule has 1 fully saturated rings. The van der Waals surface area contributed by atoms with Crippen LogP contribution in [-0.2, 0) is 25.4 Å². The highest BCUT2D eigenvalue weighted by molar-refractivity contribution is 5.74. The van der Waals surface area contributed by atoms with Gasteiger partial charge in [-0.25, -0.2) is 4.79 Å². The van der Waals surface area contributed by atoms with Gasteiger partial charge in [-0.3, -0.25) is 28.6 Å². The molecule has 1 aliphatic rings. The van der Waals surface area contributed by atoms with E-state index in [1.54, 1.807) is 23.7 Å². The van der Waals surface area contributed by atoms with Crippen LogP contribution in [-0.4, -0.2) is 42.9 Å². The number of hydrogen-bond donors (Lipinski definition) is 1. The number of non-ortho nitro benzene ring substituents is 1. The molecule has 0 spiro atoms. The number of imidazole rings is 1. The van der Waals surface area contributed by atoms with Crippen LogP contribution >= 0.6 is 0 Å². The average Bonchev–Trinajstić information content (AvgIpc) is 3.38. The Morgan fingerprint density at radius 3 is 2.60 bits per heavy atom. The molecule has 3 aromatic rings. The standard InChI is InChI=1S/C19H22N6O5/c1-22-16-15(17(26)23(2)19(22)27)24(11-12-5-7-13(8-6-12)25(28)29)18(21-16)20-10-14-4-3-9-30-14/h5-8,14H,3-4,9-11H2,1-2H3,(H,20,21)/t14-/m0/s1. The van der Waals surface area contributed by atoms with Crippen LogP contribution in [0.4, 0.5) is 11.6 Å². The third-order valence-electron chi connectivity index (χ3n) is 5.35. The van der Waals surface area contributed by atoms with Crippen LogP contribution in [0.15, 0.2) is 33.9 Å². The van der Waals surface area contributed by atoms with Crippen LogP contribution in [0.2, 0.25) is 0 Å². The summed E-state index contributed by atoms with van der Waals surface area (Å²) in [6.45, 7) is 1.51. The molecular formula is C19H22N6O5. The van der Waals surface area contributed by atoms with Crippen molar-refractivity contribution in [1.82, 2.24) is 18.7 Å². The first kappa shape index (κ1) is 19.8. The molecule has 2 aromatic heterocycles. The number of nitro groups is 1. The van der Waals surface area contributed by atoms with E-state index in [0.29, 0.717) is 12.5 Å². The molecule has 0 saturated carbocycles. The fraction of sp³-hybridized carbons (Fsp3) is 0.421. The van der Waals surface area contributed by atoms with E-state index in [2.05, 4.69) is 10.3 Å². The summed E-state index contributed by atoms with van der Waals surface area (Å²) in [6, 6.07) is 6.12. The number of anilines is 1. The van der Waals surface area contributed by atoms with Crippen LogP contribution in [0.5, 0.6) is 0 Å². The number of fused-ring (bicyclic) bond motifs is 1. The molecule has 1 saturated heterocycles. The number of rotatable bonds is 6. The Kier molecular flexibility index (Phi) is 5.12. The first-order valence-electron chi connectivity index (χ1n) is 9.62. The summed E-state index contributed by atoms with van der Waals surface area (Å²) in [5, 5.41) is 14.2. The molecule has 158 valence electrons. The van der Waals surface area contributed by atoms with Crippen molar-refractivity contribution in [2.24, 2.45) is 14.1 Å². The molecule has 11 heteroatoms. The van der Waals surface area contributed by atoms with Crippen LogP contribution < -0.4 is 16.6 Å². The van der Waals surface area contributed by atoms with Crippen molar-refractivity contribution in [3.05, 3.63) is 60.8 Å². The van der Waals surface area contributed by atoms with E-state index in [1.807, 2.05) is 0 Å². The molecule has 1 atom stereocenters. The number of ether oxygens (including phenoxy) is 1. The van der Waals surface area contributed by atoms with Gasteiger partial charge in [0, 0.05) is 39.4 Å². The second-order valence-corrected chi connectivity index (χ2v) is 7.34. The third-order valence-corrected chi connectivity index (χ3v) is 5.35. The molecule has 0 bridgehead atoms. The maximum atomic E-state index is 12.9. The Balaban J connectivity index is 1.79. The number of aryl methyl sites for hydroxylation is 1. The van der Waals surface area contributed by atoms with E-state index in [0.717, 1.165) is 29.6 Å². The highest BCUT2D eigenvalue weighted by atomic mass is 16.6. The normalized spacial score (nSPS) is 16.3. The average molecular weight is 414 g/mol. The van der Waals surface area contributed by atoms with E-state index < -0.39 is 16.2 Å². The minimum absolute atomic E-state index is 0.00993. The molecule has 3 heterocycles. The monoisotopic (exact) mass is 414 g/mol. The molecule has 0 unspecified atom stereocenters. The van der Waals surface area contributed by atoms with E-state index in [9.17, 15) is 19.7 Å². The Labute approximate surface area is 170 Å². The summed E-state index contributed by atoms with van der Waals surface area (Å²) >= 11 is 0. The number of nitrogens with one attached hydrogen (secondary N) is 1. The van der Waals surface area contributed by atoms with Crippen molar-refractivity contribution < 1.29 is 9.66 Å². The zero-order valence-electron chi connectivity index (χ0n) is 16.7. The lowest BCUT2D eigenvalue weighted by Crippen LogP contribution is -2.37. The van der Waals surface area contributed by atoms with Crippen molar-refractivity contribution in [1.29, 1.82) is 0 Å². The molecule has 1 aliphatic heterocycles. The highest BCUT2D eigenvalue weighted by Gasteiger charge is 2.21. The first-order chi connectivity index (χ1) is 14.4. The quantitative estimate of drug-likeness (QED) is 0.471. The first-order valence-corrected chi connectivity index (χ1v) is 9.62. The van der Waals surface area contributed by atoms with E-state index in [1.165, 1.54) is 23.7 Å². The van der Waals surface area contributed by atoms with Crippen molar-refractivity contribution in [3.8, 4) is 0 Å². The molecular weight excluding hydrogens is 392 g/mol. The van der Waals surface area contributed by atoms with Gasteiger partial charge < -0.3 is 10.1 Å². The van der Waals surface area contributed by atoms with Gasteiger partial charge in [-0.15, -0.1) is 0 Å². The van der Waals surface area contributed by atoms with Crippen LogP contribution in [0.1, 0.15) is 18.4 Å². The smallest absolute Gasteiger partial charge is 0.332 e. The fourth-order valence-electron chi connectivity index (χ4n) is 3.65. The van der Waals surface area contributed by atoms with Gasteiger partial charge >= 0.3 is 5.69 Å². The predicted octanol–water partition coefficient (Wildman–Crippen LogP) is 0.981. The number of aromatic nitrogens is 4. The Bertz CT molecular complexity index is 1220. The van der Waals surface area contributed by atoms with Crippen molar-refractivity contribution >= 4 is 22.8 Å². The zero-order valence-corrected chi connectivity index (χ0v) is 16.7. The van der Waals surface area contributed by atoms with Gasteiger partial charge in [0.05, 0.1) is 17.6 Å². The number of benzene rings is 1. The van der Waals surface area contributed by atoms with E-state index in [-0.39, 0.29) is 29.5 Å². The van der Waals surface area contributed by atoms with E-state index >= 15 is 0 Å². The molecule has 30 heavy (non-hydrogen) atoms. The Morgan fingerprint density at radius 1 is 1.23 bits per heavy atom. The molecule has 1 N–H and O–H groups in total. The van der Waals surface area contributed by atoms with Gasteiger partial charge in [-0.1, -0.05) is 12.1 Å². The van der Waals surface area contributed by atoms with Gasteiger partial charge in [0.1, 0.15) is 0 Å². The summed E-state index contributed by atoms with van der Waals surface area (Å²) in [7, 11) is 2.99. The lowest BCUT2D eigenvalue weighted by atomic mass is 10.2. The third kappa shape index (κ3) is 3.47. The topological polar surface area (TPSA) is 126 Å². The molecule has 1 aromatic carbocycles. The van der Waals surface area contributed by atoms with Crippen molar-refractivity contribution in [2.45, 2.75) is 25.5 Å². The van der Waals surface area contributed by atoms with Gasteiger partial charge in [-0.2, -0.15) is 4.98 Å². The van der Waals surface area contributed by atoms with Crippen molar-refractivity contribution in [2.75, 3.05) is 18.5 Å². The lowest BCUT2D eigenvalue weighted by molar-refractivity contribution is -0.384. The molecule has 0 aliphatic carbocycles. The summed E-state index contributed by atoms with van der Waals surface area (Å²) in [6.07, 6.45) is 2.00. The fourth-order valence-corrected chi connectivity index (χ4v) is 3.65. The maximum absolute atomic E-state index is 12.9. The summed E-state index contributed by atoms with van der Waals surface area (Å²) in [4.78, 5) is 40.2. The van der Waals surface area contributed by atoms with Crippen LogP contribution in [0.25, 0.3) is 11.2 Å². The Hall–Kier alpha value is -3.47. The van der Waals surface area contributed by atoms with Gasteiger partial charge in [0.15, 0.2) is 11.2 Å². The number of nitrogens with zero attached hydrogens (tertiary/aromatic N) is 5. The lowest BCUT2D eigenvalue weighted by Gasteiger charge is -2.13. The maximum Gasteiger partial charge on any atom is 0.332 e. The SMILES string of the molecule is Cn1c(=O)c2c(nc(NC[C@@H]3CCCO3)n2Cc2ccc([N+](=O)[O-])cc2)n(C)c1=O. The van der Waals surface area contributed by atoms with E-state index in [4.69, 9.17) is 4.74 Å². The minimum Gasteiger partial charge on any atom is -0.376 e. The summed E-state index contributed by atoms with van der Waals surface area (Å²) in [5.74, 6) is 0.442. The second-order valence-electron chi connectivity index (χ2n) is 7.34. The predicted molar refractivity (Wildman–Crippen MR) is 110 cm³/mol. The van der Waals surface area contributed by atoms with Gasteiger partial charge in [-0.05, 0) is 18.4 Å². The Morgan fingerprint density at radius 2 is 1.97 bits per heavy atom. The van der Waals surface area contributed by atoms with Gasteiger partial charge in [0.25, 0.3) is 11.2 Å². The molecule has 11 nitrogen and oxygen atoms in total. The number of nitro benzene ring substituents is 1. The zero-order chi connectivity index (χ0) is 21.4. The summed E-state index contributed by atoms with van der Waals surface area (Å²) in [5.41, 5.74) is 0.402. The number of hydrogen-bond acceptors (Lipinski definition) is 7. The molecule has 0 radical (unpaired) electrons. The largest absolute Gasteiger partial charge is 0.376 e. The van der Waals surface area contributed by atoms with Crippen LogP contribution in [0, 0.1) is 10.1 Å². The minimum atomic E-state index is -0.462.